The smallest absolute Gasteiger partial charge is 0.0166 e. The Labute approximate surface area is 113 Å². The number of rotatable bonds is 2. The molecule has 0 saturated carbocycles. The van der Waals surface area contributed by atoms with Crippen LogP contribution in [0.15, 0.2) is 34.4 Å². The van der Waals surface area contributed by atoms with Crippen LogP contribution in [0.1, 0.15) is 66.2 Å². The highest BCUT2D eigenvalue weighted by atomic mass is 14.3. The van der Waals surface area contributed by atoms with Crippen LogP contribution >= 0.6 is 0 Å². The van der Waals surface area contributed by atoms with Gasteiger partial charge in [0.25, 0.3) is 0 Å². The fourth-order valence-electron chi connectivity index (χ4n) is 3.36. The fourth-order valence-corrected chi connectivity index (χ4v) is 3.36. The van der Waals surface area contributed by atoms with Gasteiger partial charge in [-0.3, -0.25) is 0 Å². The lowest BCUT2D eigenvalue weighted by atomic mass is 9.78. The highest BCUT2D eigenvalue weighted by Crippen LogP contribution is 2.36. The minimum Gasteiger partial charge on any atom is -0.0850 e. The summed E-state index contributed by atoms with van der Waals surface area (Å²) in [5, 5.41) is 0. The Kier molecular flexibility index (Phi) is 4.48. The van der Waals surface area contributed by atoms with E-state index < -0.39 is 0 Å². The third-order valence-electron chi connectivity index (χ3n) is 5.12. The van der Waals surface area contributed by atoms with E-state index in [2.05, 4.69) is 39.8 Å². The molecule has 0 aromatic heterocycles. The molecule has 2 atom stereocenters. The molecule has 18 heavy (non-hydrogen) atoms. The SMILES string of the molecule is CC1=CCC(/C(C)=C(\C)C2CC=C(C)CC2)CC1. The van der Waals surface area contributed by atoms with Crippen molar-refractivity contribution in [3.05, 3.63) is 34.4 Å². The Balaban J connectivity index is 2.06. The Morgan fingerprint density at radius 3 is 1.50 bits per heavy atom. The maximum absolute atomic E-state index is 2.45. The van der Waals surface area contributed by atoms with Crippen molar-refractivity contribution in [2.24, 2.45) is 11.8 Å². The second-order valence-electron chi connectivity index (χ2n) is 6.41. The molecule has 0 aliphatic heterocycles. The second-order valence-corrected chi connectivity index (χ2v) is 6.41. The summed E-state index contributed by atoms with van der Waals surface area (Å²) in [7, 11) is 0. The fraction of sp³-hybridized carbons (Fsp3) is 0.667. The lowest BCUT2D eigenvalue weighted by Gasteiger charge is -2.28. The van der Waals surface area contributed by atoms with Crippen molar-refractivity contribution in [1.29, 1.82) is 0 Å². The predicted octanol–water partition coefficient (Wildman–Crippen LogP) is 5.82. The molecule has 0 N–H and O–H groups in total. The van der Waals surface area contributed by atoms with Gasteiger partial charge in [-0.2, -0.15) is 0 Å². The summed E-state index contributed by atoms with van der Waals surface area (Å²) in [5.74, 6) is 1.64. The van der Waals surface area contributed by atoms with E-state index in [0.29, 0.717) is 0 Å². The summed E-state index contributed by atoms with van der Waals surface area (Å²) >= 11 is 0. The molecular formula is C18H28. The van der Waals surface area contributed by atoms with Crippen molar-refractivity contribution < 1.29 is 0 Å². The summed E-state index contributed by atoms with van der Waals surface area (Å²) < 4.78 is 0. The first-order valence-corrected chi connectivity index (χ1v) is 7.56. The van der Waals surface area contributed by atoms with Crippen LogP contribution in [0.4, 0.5) is 0 Å². The summed E-state index contributed by atoms with van der Waals surface area (Å²) in [5.41, 5.74) is 6.56. The van der Waals surface area contributed by atoms with Gasteiger partial charge in [-0.15, -0.1) is 0 Å². The summed E-state index contributed by atoms with van der Waals surface area (Å²) in [4.78, 5) is 0. The molecule has 0 amide bonds. The molecule has 2 unspecified atom stereocenters. The van der Waals surface area contributed by atoms with Crippen LogP contribution in [0.3, 0.4) is 0 Å². The Morgan fingerprint density at radius 1 is 0.833 bits per heavy atom. The summed E-state index contributed by atoms with van der Waals surface area (Å²) in [6.45, 7) is 9.33. The maximum Gasteiger partial charge on any atom is -0.0166 e. The molecule has 0 radical (unpaired) electrons. The van der Waals surface area contributed by atoms with Gasteiger partial charge in [0.05, 0.1) is 0 Å². The third kappa shape index (κ3) is 3.16. The second kappa shape index (κ2) is 5.91. The minimum absolute atomic E-state index is 0.820. The largest absolute Gasteiger partial charge is 0.0850 e. The summed E-state index contributed by atoms with van der Waals surface area (Å²) in [6, 6.07) is 0. The van der Waals surface area contributed by atoms with Gasteiger partial charge in [0.1, 0.15) is 0 Å². The van der Waals surface area contributed by atoms with E-state index in [1.54, 1.807) is 22.3 Å². The number of allylic oxidation sites excluding steroid dienone is 6. The topological polar surface area (TPSA) is 0 Å². The van der Waals surface area contributed by atoms with E-state index in [0.717, 1.165) is 11.8 Å². The normalized spacial score (nSPS) is 30.4. The van der Waals surface area contributed by atoms with Crippen LogP contribution in [-0.2, 0) is 0 Å². The van der Waals surface area contributed by atoms with Crippen molar-refractivity contribution in [2.45, 2.75) is 66.2 Å². The first-order chi connectivity index (χ1) is 8.58. The molecule has 0 saturated heterocycles. The zero-order chi connectivity index (χ0) is 13.1. The van der Waals surface area contributed by atoms with Crippen LogP contribution in [0.2, 0.25) is 0 Å². The molecule has 0 heteroatoms. The van der Waals surface area contributed by atoms with E-state index in [1.807, 2.05) is 0 Å². The monoisotopic (exact) mass is 244 g/mol. The van der Waals surface area contributed by atoms with Gasteiger partial charge in [0.15, 0.2) is 0 Å². The molecule has 0 fully saturated rings. The van der Waals surface area contributed by atoms with Gasteiger partial charge >= 0.3 is 0 Å². The van der Waals surface area contributed by atoms with E-state index in [-0.39, 0.29) is 0 Å². The van der Waals surface area contributed by atoms with Crippen molar-refractivity contribution >= 4 is 0 Å². The van der Waals surface area contributed by atoms with E-state index in [9.17, 15) is 0 Å². The molecule has 0 aromatic carbocycles. The van der Waals surface area contributed by atoms with Crippen molar-refractivity contribution in [3.8, 4) is 0 Å². The molecule has 0 bridgehead atoms. The average molecular weight is 244 g/mol. The molecule has 2 rings (SSSR count). The van der Waals surface area contributed by atoms with Gasteiger partial charge in [-0.25, -0.2) is 0 Å². The van der Waals surface area contributed by atoms with E-state index in [4.69, 9.17) is 0 Å². The zero-order valence-electron chi connectivity index (χ0n) is 12.6. The van der Waals surface area contributed by atoms with Crippen molar-refractivity contribution in [2.75, 3.05) is 0 Å². The predicted molar refractivity (Wildman–Crippen MR) is 80.6 cm³/mol. The van der Waals surface area contributed by atoms with Crippen molar-refractivity contribution in [1.82, 2.24) is 0 Å². The molecule has 2 aliphatic carbocycles. The van der Waals surface area contributed by atoms with Crippen LogP contribution < -0.4 is 0 Å². The number of hydrogen-bond donors (Lipinski definition) is 0. The molecule has 0 heterocycles. The first kappa shape index (κ1) is 13.6. The average Bonchev–Trinajstić information content (AvgIpc) is 2.39. The van der Waals surface area contributed by atoms with Gasteiger partial charge < -0.3 is 0 Å². The molecule has 2 aliphatic rings. The van der Waals surface area contributed by atoms with Gasteiger partial charge in [0, 0.05) is 0 Å². The lowest BCUT2D eigenvalue weighted by Crippen LogP contribution is -2.13. The number of hydrogen-bond acceptors (Lipinski definition) is 0. The van der Waals surface area contributed by atoms with Crippen LogP contribution in [0, 0.1) is 11.8 Å². The highest BCUT2D eigenvalue weighted by molar-refractivity contribution is 5.22. The van der Waals surface area contributed by atoms with Crippen molar-refractivity contribution in [3.63, 3.8) is 0 Å². The first-order valence-electron chi connectivity index (χ1n) is 7.56. The van der Waals surface area contributed by atoms with Crippen LogP contribution in [-0.4, -0.2) is 0 Å². The molecule has 100 valence electrons. The van der Waals surface area contributed by atoms with Crippen LogP contribution in [0.5, 0.6) is 0 Å². The Hall–Kier alpha value is -0.780. The maximum atomic E-state index is 2.45. The minimum atomic E-state index is 0.820. The molecular weight excluding hydrogens is 216 g/mol. The molecule has 0 spiro atoms. The summed E-state index contributed by atoms with van der Waals surface area (Å²) in [6.07, 6.45) is 12.8. The third-order valence-corrected chi connectivity index (χ3v) is 5.12. The lowest BCUT2D eigenvalue weighted by molar-refractivity contribution is 0.494. The van der Waals surface area contributed by atoms with Gasteiger partial charge in [0.2, 0.25) is 0 Å². The molecule has 0 aromatic rings. The van der Waals surface area contributed by atoms with Gasteiger partial charge in [-0.05, 0) is 78.1 Å². The molecule has 0 nitrogen and oxygen atoms in total. The quantitative estimate of drug-likeness (QED) is 0.537. The van der Waals surface area contributed by atoms with Crippen LogP contribution in [0.25, 0.3) is 0 Å². The van der Waals surface area contributed by atoms with E-state index in [1.165, 1.54) is 38.5 Å². The van der Waals surface area contributed by atoms with E-state index >= 15 is 0 Å². The van der Waals surface area contributed by atoms with Gasteiger partial charge in [-0.1, -0.05) is 34.4 Å². The Bertz CT molecular complexity index is 354. The zero-order valence-corrected chi connectivity index (χ0v) is 12.6. The highest BCUT2D eigenvalue weighted by Gasteiger charge is 2.20. The standard InChI is InChI=1S/C18H28/c1-13-5-9-17(10-6-13)15(3)16(4)18-11-7-14(2)8-12-18/h5,7,17-18H,6,8-12H2,1-4H3/b16-15+. The Morgan fingerprint density at radius 2 is 1.22 bits per heavy atom.